The summed E-state index contributed by atoms with van der Waals surface area (Å²) in [6.07, 6.45) is 1.65. The number of aromatic nitrogens is 1. The number of hydrogen-bond acceptors (Lipinski definition) is 4. The van der Waals surface area contributed by atoms with E-state index in [9.17, 15) is 4.79 Å². The normalized spacial score (nSPS) is 16.2. The van der Waals surface area contributed by atoms with Gasteiger partial charge in [0.1, 0.15) is 0 Å². The van der Waals surface area contributed by atoms with Crippen molar-refractivity contribution in [3.05, 3.63) is 41.0 Å². The predicted octanol–water partition coefficient (Wildman–Crippen LogP) is 2.56. The molecule has 0 atom stereocenters. The molecule has 21 heavy (non-hydrogen) atoms. The summed E-state index contributed by atoms with van der Waals surface area (Å²) in [5.41, 5.74) is 7.01. The molecule has 1 aliphatic heterocycles. The molecule has 3 rings (SSSR count). The first-order chi connectivity index (χ1) is 10.1. The molecular formula is C15H16ClN3O2. The van der Waals surface area contributed by atoms with Crippen LogP contribution in [0.1, 0.15) is 23.3 Å². The molecule has 0 aliphatic carbocycles. The van der Waals surface area contributed by atoms with Crippen LogP contribution in [0.3, 0.4) is 0 Å². The number of amides is 1. The standard InChI is InChI=1S/C15H16ClN3O2/c16-11-3-1-10(2-4-11)14-9-13(18-21-14)15(20)19-7-5-12(17)6-8-19/h1-4,9,12H,5-8,17H2. The molecule has 0 unspecified atom stereocenters. The van der Waals surface area contributed by atoms with Gasteiger partial charge in [0.25, 0.3) is 5.91 Å². The summed E-state index contributed by atoms with van der Waals surface area (Å²) in [6, 6.07) is 9.06. The first-order valence-corrected chi connectivity index (χ1v) is 7.29. The van der Waals surface area contributed by atoms with Crippen LogP contribution in [0.5, 0.6) is 0 Å². The topological polar surface area (TPSA) is 72.4 Å². The number of rotatable bonds is 2. The van der Waals surface area contributed by atoms with Crippen LogP contribution >= 0.6 is 11.6 Å². The van der Waals surface area contributed by atoms with Crippen LogP contribution < -0.4 is 5.73 Å². The monoisotopic (exact) mass is 305 g/mol. The predicted molar refractivity (Wildman–Crippen MR) is 80.1 cm³/mol. The summed E-state index contributed by atoms with van der Waals surface area (Å²) in [6.45, 7) is 1.34. The highest BCUT2D eigenvalue weighted by Gasteiger charge is 2.24. The van der Waals surface area contributed by atoms with Crippen molar-refractivity contribution in [2.24, 2.45) is 5.73 Å². The fraction of sp³-hybridized carbons (Fsp3) is 0.333. The lowest BCUT2D eigenvalue weighted by atomic mass is 10.1. The molecule has 0 saturated carbocycles. The molecule has 6 heteroatoms. The summed E-state index contributed by atoms with van der Waals surface area (Å²) < 4.78 is 5.26. The molecule has 0 bridgehead atoms. The number of benzene rings is 1. The lowest BCUT2D eigenvalue weighted by molar-refractivity contribution is 0.0704. The molecule has 2 N–H and O–H groups in total. The quantitative estimate of drug-likeness (QED) is 0.925. The molecule has 0 spiro atoms. The van der Waals surface area contributed by atoms with Gasteiger partial charge in [0.2, 0.25) is 0 Å². The van der Waals surface area contributed by atoms with Crippen molar-refractivity contribution in [1.29, 1.82) is 0 Å². The molecule has 2 aromatic rings. The van der Waals surface area contributed by atoms with Crippen LogP contribution in [0.15, 0.2) is 34.9 Å². The number of hydrogen-bond donors (Lipinski definition) is 1. The number of nitrogens with two attached hydrogens (primary N) is 1. The van der Waals surface area contributed by atoms with E-state index in [1.165, 1.54) is 0 Å². The average Bonchev–Trinajstić information content (AvgIpc) is 2.98. The van der Waals surface area contributed by atoms with E-state index in [-0.39, 0.29) is 11.9 Å². The number of halogens is 1. The van der Waals surface area contributed by atoms with Crippen molar-refractivity contribution in [3.8, 4) is 11.3 Å². The Morgan fingerprint density at radius 1 is 1.29 bits per heavy atom. The summed E-state index contributed by atoms with van der Waals surface area (Å²) >= 11 is 5.85. The molecule has 1 amide bonds. The zero-order chi connectivity index (χ0) is 14.8. The second kappa shape index (κ2) is 5.87. The Labute approximate surface area is 127 Å². The second-order valence-corrected chi connectivity index (χ2v) is 5.65. The minimum absolute atomic E-state index is 0.106. The number of piperidine rings is 1. The number of carbonyl (C=O) groups is 1. The van der Waals surface area contributed by atoms with Gasteiger partial charge in [-0.05, 0) is 37.1 Å². The Kier molecular flexibility index (Phi) is 3.94. The first-order valence-electron chi connectivity index (χ1n) is 6.91. The van der Waals surface area contributed by atoms with Crippen LogP contribution in [0, 0.1) is 0 Å². The van der Waals surface area contributed by atoms with Gasteiger partial charge in [0, 0.05) is 35.8 Å². The first kappa shape index (κ1) is 14.1. The van der Waals surface area contributed by atoms with Gasteiger partial charge in [0.15, 0.2) is 11.5 Å². The van der Waals surface area contributed by atoms with Gasteiger partial charge in [-0.25, -0.2) is 0 Å². The zero-order valence-corrected chi connectivity index (χ0v) is 12.2. The fourth-order valence-corrected chi connectivity index (χ4v) is 2.52. The van der Waals surface area contributed by atoms with Gasteiger partial charge >= 0.3 is 0 Å². The van der Waals surface area contributed by atoms with Crippen LogP contribution in [0.2, 0.25) is 5.02 Å². The summed E-state index contributed by atoms with van der Waals surface area (Å²) in [4.78, 5) is 14.1. The van der Waals surface area contributed by atoms with Gasteiger partial charge in [0.05, 0.1) is 0 Å². The molecule has 110 valence electrons. The van der Waals surface area contributed by atoms with Crippen molar-refractivity contribution < 1.29 is 9.32 Å². The van der Waals surface area contributed by atoms with E-state index in [1.807, 2.05) is 12.1 Å². The number of likely N-dealkylation sites (tertiary alicyclic amines) is 1. The van der Waals surface area contributed by atoms with Gasteiger partial charge in [-0.3, -0.25) is 4.79 Å². The van der Waals surface area contributed by atoms with Crippen molar-refractivity contribution in [2.45, 2.75) is 18.9 Å². The second-order valence-electron chi connectivity index (χ2n) is 5.21. The van der Waals surface area contributed by atoms with Crippen molar-refractivity contribution >= 4 is 17.5 Å². The highest BCUT2D eigenvalue weighted by Crippen LogP contribution is 2.23. The van der Waals surface area contributed by atoms with Crippen LogP contribution in [0.25, 0.3) is 11.3 Å². The lowest BCUT2D eigenvalue weighted by Gasteiger charge is -2.29. The third-order valence-corrected chi connectivity index (χ3v) is 3.94. The highest BCUT2D eigenvalue weighted by molar-refractivity contribution is 6.30. The molecular weight excluding hydrogens is 290 g/mol. The largest absolute Gasteiger partial charge is 0.355 e. The third kappa shape index (κ3) is 3.09. The Morgan fingerprint density at radius 3 is 2.62 bits per heavy atom. The molecule has 1 aliphatic rings. The van der Waals surface area contributed by atoms with Crippen molar-refractivity contribution in [2.75, 3.05) is 13.1 Å². The maximum absolute atomic E-state index is 12.3. The van der Waals surface area contributed by atoms with Gasteiger partial charge in [-0.15, -0.1) is 0 Å². The molecule has 0 radical (unpaired) electrons. The minimum Gasteiger partial charge on any atom is -0.355 e. The Hall–Kier alpha value is -1.85. The fourth-order valence-electron chi connectivity index (χ4n) is 2.39. The van der Waals surface area contributed by atoms with E-state index < -0.39 is 0 Å². The molecule has 1 aromatic heterocycles. The lowest BCUT2D eigenvalue weighted by Crippen LogP contribution is -2.42. The molecule has 2 heterocycles. The highest BCUT2D eigenvalue weighted by atomic mass is 35.5. The Balaban J connectivity index is 1.75. The summed E-state index contributed by atoms with van der Waals surface area (Å²) in [5.74, 6) is 0.453. The Morgan fingerprint density at radius 2 is 1.95 bits per heavy atom. The Bertz CT molecular complexity index is 631. The number of nitrogens with zero attached hydrogens (tertiary/aromatic N) is 2. The molecule has 5 nitrogen and oxygen atoms in total. The smallest absolute Gasteiger partial charge is 0.276 e. The van der Waals surface area contributed by atoms with E-state index in [2.05, 4.69) is 5.16 Å². The van der Waals surface area contributed by atoms with Crippen LogP contribution in [-0.4, -0.2) is 35.1 Å². The SMILES string of the molecule is NC1CCN(C(=O)c2cc(-c3ccc(Cl)cc3)on2)CC1. The van der Waals surface area contributed by atoms with Crippen molar-refractivity contribution in [3.63, 3.8) is 0 Å². The van der Waals surface area contributed by atoms with Crippen LogP contribution in [0.4, 0.5) is 0 Å². The zero-order valence-electron chi connectivity index (χ0n) is 11.5. The minimum atomic E-state index is -0.106. The third-order valence-electron chi connectivity index (χ3n) is 3.68. The van der Waals surface area contributed by atoms with E-state index >= 15 is 0 Å². The van der Waals surface area contributed by atoms with Gasteiger partial charge in [-0.1, -0.05) is 16.8 Å². The summed E-state index contributed by atoms with van der Waals surface area (Å²) in [7, 11) is 0. The molecule has 1 fully saturated rings. The summed E-state index contributed by atoms with van der Waals surface area (Å²) in [5, 5.41) is 4.53. The maximum Gasteiger partial charge on any atom is 0.276 e. The van der Waals surface area contributed by atoms with Crippen LogP contribution in [-0.2, 0) is 0 Å². The van der Waals surface area contributed by atoms with E-state index in [0.717, 1.165) is 18.4 Å². The van der Waals surface area contributed by atoms with Gasteiger partial charge < -0.3 is 15.2 Å². The van der Waals surface area contributed by atoms with E-state index in [4.69, 9.17) is 21.9 Å². The van der Waals surface area contributed by atoms with Gasteiger partial charge in [-0.2, -0.15) is 0 Å². The average molecular weight is 306 g/mol. The van der Waals surface area contributed by atoms with E-state index in [1.54, 1.807) is 23.1 Å². The molecule has 1 aromatic carbocycles. The number of carbonyl (C=O) groups excluding carboxylic acids is 1. The van der Waals surface area contributed by atoms with Crippen molar-refractivity contribution in [1.82, 2.24) is 10.1 Å². The molecule has 1 saturated heterocycles. The maximum atomic E-state index is 12.3. The van der Waals surface area contributed by atoms with E-state index in [0.29, 0.717) is 29.6 Å².